The number of benzene rings is 2. The summed E-state index contributed by atoms with van der Waals surface area (Å²) in [6, 6.07) is 15.4. The van der Waals surface area contributed by atoms with Crippen LogP contribution in [-0.2, 0) is 6.61 Å². The van der Waals surface area contributed by atoms with Crippen LogP contribution in [0.5, 0.6) is 11.5 Å². The Hall–Kier alpha value is -2.26. The summed E-state index contributed by atoms with van der Waals surface area (Å²) in [5, 5.41) is 9.97. The lowest BCUT2D eigenvalue weighted by Crippen LogP contribution is -2.00. The van der Waals surface area contributed by atoms with Crippen molar-refractivity contribution in [3.8, 4) is 11.5 Å². The van der Waals surface area contributed by atoms with Crippen LogP contribution in [0.1, 0.15) is 23.7 Å². The molecule has 110 valence electrons. The van der Waals surface area contributed by atoms with Crippen molar-refractivity contribution < 1.29 is 14.6 Å². The van der Waals surface area contributed by atoms with Gasteiger partial charge in [-0.3, -0.25) is 0 Å². The summed E-state index contributed by atoms with van der Waals surface area (Å²) >= 11 is 0. The van der Waals surface area contributed by atoms with Gasteiger partial charge in [-0.1, -0.05) is 42.5 Å². The van der Waals surface area contributed by atoms with Crippen LogP contribution in [0.25, 0.3) is 0 Å². The van der Waals surface area contributed by atoms with Crippen LogP contribution in [0, 0.1) is 0 Å². The van der Waals surface area contributed by atoms with Crippen LogP contribution in [-0.4, -0.2) is 12.2 Å². The number of aliphatic hydroxyl groups excluding tert-OH is 1. The van der Waals surface area contributed by atoms with E-state index in [0.29, 0.717) is 24.5 Å². The summed E-state index contributed by atoms with van der Waals surface area (Å²) in [7, 11) is 1.59. The van der Waals surface area contributed by atoms with Gasteiger partial charge < -0.3 is 14.6 Å². The molecule has 0 saturated carbocycles. The van der Waals surface area contributed by atoms with Gasteiger partial charge in [-0.25, -0.2) is 0 Å². The van der Waals surface area contributed by atoms with Gasteiger partial charge in [0, 0.05) is 0 Å². The molecule has 0 aromatic heterocycles. The number of aliphatic hydroxyl groups is 1. The molecular weight excluding hydrogens is 264 g/mol. The highest BCUT2D eigenvalue weighted by Gasteiger charge is 2.11. The predicted octanol–water partition coefficient (Wildman–Crippen LogP) is 3.88. The number of ether oxygens (including phenoxy) is 2. The van der Waals surface area contributed by atoms with Gasteiger partial charge in [0.05, 0.1) is 13.2 Å². The van der Waals surface area contributed by atoms with E-state index in [9.17, 15) is 5.11 Å². The van der Waals surface area contributed by atoms with Crippen molar-refractivity contribution in [3.05, 3.63) is 72.3 Å². The van der Waals surface area contributed by atoms with E-state index in [2.05, 4.69) is 6.58 Å². The van der Waals surface area contributed by atoms with E-state index < -0.39 is 6.10 Å². The van der Waals surface area contributed by atoms with Crippen molar-refractivity contribution in [1.29, 1.82) is 0 Å². The average molecular weight is 284 g/mol. The van der Waals surface area contributed by atoms with Gasteiger partial charge in [0.15, 0.2) is 11.5 Å². The maximum absolute atomic E-state index is 9.97. The SMILES string of the molecule is C=CCC(O)c1ccc(OCc2ccccc2)c(OC)c1. The fourth-order valence-corrected chi connectivity index (χ4v) is 2.04. The van der Waals surface area contributed by atoms with Gasteiger partial charge in [-0.2, -0.15) is 0 Å². The first kappa shape index (κ1) is 15.1. The van der Waals surface area contributed by atoms with Crippen LogP contribution < -0.4 is 9.47 Å². The largest absolute Gasteiger partial charge is 0.493 e. The molecule has 0 fully saturated rings. The minimum atomic E-state index is -0.570. The van der Waals surface area contributed by atoms with Gasteiger partial charge in [0.25, 0.3) is 0 Å². The highest BCUT2D eigenvalue weighted by Crippen LogP contribution is 2.31. The van der Waals surface area contributed by atoms with Crippen LogP contribution in [0.3, 0.4) is 0 Å². The van der Waals surface area contributed by atoms with Gasteiger partial charge >= 0.3 is 0 Å². The normalized spacial score (nSPS) is 11.7. The molecule has 3 heteroatoms. The average Bonchev–Trinajstić information content (AvgIpc) is 2.54. The van der Waals surface area contributed by atoms with E-state index in [1.165, 1.54) is 0 Å². The van der Waals surface area contributed by atoms with Crippen LogP contribution >= 0.6 is 0 Å². The summed E-state index contributed by atoms with van der Waals surface area (Å²) in [5.74, 6) is 1.28. The van der Waals surface area contributed by atoms with Crippen LogP contribution in [0.4, 0.5) is 0 Å². The van der Waals surface area contributed by atoms with Gasteiger partial charge in [-0.15, -0.1) is 6.58 Å². The fourth-order valence-electron chi connectivity index (χ4n) is 2.04. The Balaban J connectivity index is 2.11. The quantitative estimate of drug-likeness (QED) is 0.784. The first-order valence-corrected chi connectivity index (χ1v) is 6.88. The molecule has 0 radical (unpaired) electrons. The van der Waals surface area contributed by atoms with E-state index in [-0.39, 0.29) is 0 Å². The van der Waals surface area contributed by atoms with Crippen molar-refractivity contribution in [3.63, 3.8) is 0 Å². The highest BCUT2D eigenvalue weighted by molar-refractivity contribution is 5.43. The van der Waals surface area contributed by atoms with Crippen molar-refractivity contribution in [2.45, 2.75) is 19.1 Å². The third kappa shape index (κ3) is 4.10. The fraction of sp³-hybridized carbons (Fsp3) is 0.222. The molecule has 0 spiro atoms. The summed E-state index contributed by atoms with van der Waals surface area (Å²) in [5.41, 5.74) is 1.88. The molecule has 1 atom stereocenters. The Bertz CT molecular complexity index is 578. The molecule has 1 N–H and O–H groups in total. The lowest BCUT2D eigenvalue weighted by molar-refractivity contribution is 0.181. The second kappa shape index (κ2) is 7.50. The number of rotatable bonds is 7. The van der Waals surface area contributed by atoms with E-state index in [1.807, 2.05) is 42.5 Å². The first-order chi connectivity index (χ1) is 10.2. The van der Waals surface area contributed by atoms with Crippen LogP contribution in [0.15, 0.2) is 61.2 Å². The van der Waals surface area contributed by atoms with Gasteiger partial charge in [-0.05, 0) is 29.7 Å². The summed E-state index contributed by atoms with van der Waals surface area (Å²) in [6.07, 6.45) is 1.63. The van der Waals surface area contributed by atoms with E-state index in [4.69, 9.17) is 9.47 Å². The summed E-state index contributed by atoms with van der Waals surface area (Å²) < 4.78 is 11.1. The second-order valence-electron chi connectivity index (χ2n) is 4.72. The zero-order chi connectivity index (χ0) is 15.1. The lowest BCUT2D eigenvalue weighted by Gasteiger charge is -2.14. The topological polar surface area (TPSA) is 38.7 Å². The van der Waals surface area contributed by atoms with Crippen molar-refractivity contribution in [1.82, 2.24) is 0 Å². The molecule has 21 heavy (non-hydrogen) atoms. The molecule has 0 heterocycles. The molecule has 2 aromatic carbocycles. The molecule has 0 aliphatic heterocycles. The third-order valence-corrected chi connectivity index (χ3v) is 3.20. The molecule has 0 saturated heterocycles. The Kier molecular flexibility index (Phi) is 5.41. The molecule has 0 bridgehead atoms. The predicted molar refractivity (Wildman–Crippen MR) is 83.5 cm³/mol. The van der Waals surface area contributed by atoms with Gasteiger partial charge in [0.1, 0.15) is 6.61 Å². The lowest BCUT2D eigenvalue weighted by atomic mass is 10.1. The zero-order valence-corrected chi connectivity index (χ0v) is 12.2. The standard InChI is InChI=1S/C18H20O3/c1-3-7-16(19)15-10-11-17(18(12-15)20-2)21-13-14-8-5-4-6-9-14/h3-6,8-12,16,19H,1,7,13H2,2H3. The smallest absolute Gasteiger partial charge is 0.161 e. The maximum Gasteiger partial charge on any atom is 0.161 e. The highest BCUT2D eigenvalue weighted by atomic mass is 16.5. The van der Waals surface area contributed by atoms with Crippen LogP contribution in [0.2, 0.25) is 0 Å². The maximum atomic E-state index is 9.97. The Morgan fingerprint density at radius 3 is 2.57 bits per heavy atom. The van der Waals surface area contributed by atoms with Crippen molar-refractivity contribution in [2.24, 2.45) is 0 Å². The molecule has 0 amide bonds. The zero-order valence-electron chi connectivity index (χ0n) is 12.2. The minimum Gasteiger partial charge on any atom is -0.493 e. The third-order valence-electron chi connectivity index (χ3n) is 3.20. The second-order valence-corrected chi connectivity index (χ2v) is 4.72. The van der Waals surface area contributed by atoms with Crippen molar-refractivity contribution >= 4 is 0 Å². The molecule has 2 rings (SSSR count). The number of methoxy groups -OCH3 is 1. The summed E-state index contributed by atoms with van der Waals surface area (Å²) in [4.78, 5) is 0. The molecular formula is C18H20O3. The minimum absolute atomic E-state index is 0.478. The van der Waals surface area contributed by atoms with Crippen molar-refractivity contribution in [2.75, 3.05) is 7.11 Å². The Labute approximate surface area is 125 Å². The molecule has 0 aliphatic carbocycles. The molecule has 3 nitrogen and oxygen atoms in total. The summed E-state index contributed by atoms with van der Waals surface area (Å²) in [6.45, 7) is 4.11. The number of hydrogen-bond acceptors (Lipinski definition) is 3. The number of hydrogen-bond donors (Lipinski definition) is 1. The van der Waals surface area contributed by atoms with E-state index in [0.717, 1.165) is 11.1 Å². The Morgan fingerprint density at radius 2 is 1.90 bits per heavy atom. The molecule has 1 unspecified atom stereocenters. The molecule has 0 aliphatic rings. The first-order valence-electron chi connectivity index (χ1n) is 6.88. The van der Waals surface area contributed by atoms with Gasteiger partial charge in [0.2, 0.25) is 0 Å². The van der Waals surface area contributed by atoms with E-state index in [1.54, 1.807) is 19.3 Å². The van der Waals surface area contributed by atoms with E-state index >= 15 is 0 Å². The monoisotopic (exact) mass is 284 g/mol. The molecule has 2 aromatic rings. The Morgan fingerprint density at radius 1 is 1.14 bits per heavy atom.